The SMILES string of the molecule is CC(=O)N1CCN(C(=O)c2ccc(Nc3nccc(-c4ccc(N[SH](=O)=O)cc4)n3)cc2)CC1. The third-order valence-electron chi connectivity index (χ3n) is 5.46. The predicted octanol–water partition coefficient (Wildman–Crippen LogP) is 2.13. The highest BCUT2D eigenvalue weighted by Gasteiger charge is 2.23. The monoisotopic (exact) mass is 480 g/mol. The van der Waals surface area contributed by atoms with Gasteiger partial charge in [0.25, 0.3) is 5.91 Å². The highest BCUT2D eigenvalue weighted by Crippen LogP contribution is 2.22. The fourth-order valence-corrected chi connectivity index (χ4v) is 3.99. The Bertz CT molecular complexity index is 1250. The Balaban J connectivity index is 1.40. The molecule has 0 radical (unpaired) electrons. The van der Waals surface area contributed by atoms with Gasteiger partial charge >= 0.3 is 0 Å². The van der Waals surface area contributed by atoms with Crippen molar-refractivity contribution in [2.75, 3.05) is 36.2 Å². The number of thiol groups is 1. The van der Waals surface area contributed by atoms with Crippen molar-refractivity contribution in [2.24, 2.45) is 0 Å². The molecule has 1 fully saturated rings. The fourth-order valence-electron chi connectivity index (χ4n) is 3.63. The Morgan fingerprint density at radius 2 is 1.47 bits per heavy atom. The first-order valence-corrected chi connectivity index (χ1v) is 11.8. The van der Waals surface area contributed by atoms with Gasteiger partial charge in [0.05, 0.1) is 5.69 Å². The van der Waals surface area contributed by atoms with Crippen molar-refractivity contribution in [3.8, 4) is 11.3 Å². The van der Waals surface area contributed by atoms with Gasteiger partial charge in [-0.05, 0) is 42.5 Å². The van der Waals surface area contributed by atoms with Gasteiger partial charge in [0.1, 0.15) is 0 Å². The van der Waals surface area contributed by atoms with E-state index in [9.17, 15) is 18.0 Å². The maximum atomic E-state index is 12.8. The number of piperazine rings is 1. The van der Waals surface area contributed by atoms with Crippen LogP contribution in [0.5, 0.6) is 0 Å². The molecule has 2 aromatic carbocycles. The van der Waals surface area contributed by atoms with Gasteiger partial charge < -0.3 is 15.1 Å². The van der Waals surface area contributed by atoms with Gasteiger partial charge in [-0.2, -0.15) is 0 Å². The molecule has 3 aromatic rings. The van der Waals surface area contributed by atoms with Gasteiger partial charge in [0.15, 0.2) is 0 Å². The molecule has 11 heteroatoms. The minimum absolute atomic E-state index is 0.0279. The number of benzene rings is 2. The maximum absolute atomic E-state index is 12.8. The molecule has 1 aromatic heterocycles. The third-order valence-corrected chi connectivity index (χ3v) is 5.90. The van der Waals surface area contributed by atoms with E-state index in [2.05, 4.69) is 20.0 Å². The average Bonchev–Trinajstić information content (AvgIpc) is 2.84. The van der Waals surface area contributed by atoms with Crippen LogP contribution < -0.4 is 10.0 Å². The van der Waals surface area contributed by atoms with Crippen molar-refractivity contribution in [3.05, 3.63) is 66.4 Å². The van der Waals surface area contributed by atoms with Crippen LogP contribution in [-0.2, 0) is 15.7 Å². The van der Waals surface area contributed by atoms with E-state index in [0.717, 1.165) is 11.3 Å². The summed E-state index contributed by atoms with van der Waals surface area (Å²) in [5.74, 6) is 0.356. The van der Waals surface area contributed by atoms with Crippen LogP contribution in [0, 0.1) is 0 Å². The molecule has 10 nitrogen and oxygen atoms in total. The molecule has 1 aliphatic rings. The van der Waals surface area contributed by atoms with Gasteiger partial charge in [0, 0.05) is 61.8 Å². The molecular formula is C23H24N6O4S. The van der Waals surface area contributed by atoms with E-state index in [1.54, 1.807) is 70.6 Å². The number of carbonyl (C=O) groups is 2. The van der Waals surface area contributed by atoms with Crippen LogP contribution >= 0.6 is 0 Å². The molecule has 1 saturated heterocycles. The predicted molar refractivity (Wildman–Crippen MR) is 129 cm³/mol. The summed E-state index contributed by atoms with van der Waals surface area (Å²) in [5, 5.41) is 3.13. The summed E-state index contributed by atoms with van der Waals surface area (Å²) in [4.78, 5) is 36.5. The standard InChI is InChI=1S/C23H24N6O4S/c1-16(30)28-12-14-29(15-13-28)22(31)18-4-6-19(7-5-18)25-23-24-11-10-21(26-23)17-2-8-20(9-3-17)27-34(32)33/h2-11,34H,12-15H2,1H3,(H,24,25,26)(H,27,32,33). The molecule has 0 atom stereocenters. The molecule has 0 aliphatic carbocycles. The Hall–Kier alpha value is -3.99. The molecule has 34 heavy (non-hydrogen) atoms. The molecule has 0 unspecified atom stereocenters. The number of hydrogen-bond acceptors (Lipinski definition) is 7. The largest absolute Gasteiger partial charge is 0.339 e. The second-order valence-electron chi connectivity index (χ2n) is 7.71. The zero-order chi connectivity index (χ0) is 24.1. The lowest BCUT2D eigenvalue weighted by Gasteiger charge is -2.34. The highest BCUT2D eigenvalue weighted by atomic mass is 32.2. The van der Waals surface area contributed by atoms with Gasteiger partial charge in [-0.1, -0.05) is 12.1 Å². The van der Waals surface area contributed by atoms with Crippen molar-refractivity contribution in [2.45, 2.75) is 6.92 Å². The summed E-state index contributed by atoms with van der Waals surface area (Å²) < 4.78 is 23.9. The molecule has 2 heterocycles. The molecule has 2 N–H and O–H groups in total. The minimum Gasteiger partial charge on any atom is -0.339 e. The van der Waals surface area contributed by atoms with Crippen molar-refractivity contribution in [1.82, 2.24) is 19.8 Å². The molecule has 1 aliphatic heterocycles. The number of aromatic nitrogens is 2. The van der Waals surface area contributed by atoms with Crippen LogP contribution in [0.4, 0.5) is 17.3 Å². The maximum Gasteiger partial charge on any atom is 0.253 e. The number of nitrogens with zero attached hydrogens (tertiary/aromatic N) is 4. The van der Waals surface area contributed by atoms with Crippen LogP contribution in [0.2, 0.25) is 0 Å². The molecule has 0 bridgehead atoms. The topological polar surface area (TPSA) is 125 Å². The quantitative estimate of drug-likeness (QED) is 0.462. The zero-order valence-electron chi connectivity index (χ0n) is 18.5. The first-order chi connectivity index (χ1) is 16.4. The summed E-state index contributed by atoms with van der Waals surface area (Å²) >= 11 is 0. The number of rotatable bonds is 6. The van der Waals surface area contributed by atoms with Crippen LogP contribution in [0.25, 0.3) is 11.3 Å². The minimum atomic E-state index is -2.71. The zero-order valence-corrected chi connectivity index (χ0v) is 19.4. The van der Waals surface area contributed by atoms with Crippen LogP contribution in [0.1, 0.15) is 17.3 Å². The number of anilines is 3. The average molecular weight is 481 g/mol. The Labute approximate surface area is 198 Å². The molecule has 2 amide bonds. The number of hydrogen-bond donors (Lipinski definition) is 3. The summed E-state index contributed by atoms with van der Waals surface area (Å²) in [5.41, 5.74) is 3.26. The van der Waals surface area contributed by atoms with Gasteiger partial charge in [-0.3, -0.25) is 14.3 Å². The van der Waals surface area contributed by atoms with Gasteiger partial charge in [-0.15, -0.1) is 0 Å². The van der Waals surface area contributed by atoms with E-state index < -0.39 is 10.9 Å². The van der Waals surface area contributed by atoms with E-state index in [1.165, 1.54) is 6.92 Å². The Morgan fingerprint density at radius 3 is 2.09 bits per heavy atom. The second kappa shape index (κ2) is 10.3. The summed E-state index contributed by atoms with van der Waals surface area (Å²) in [6.45, 7) is 3.67. The number of carbonyl (C=O) groups excluding carboxylic acids is 2. The lowest BCUT2D eigenvalue weighted by atomic mass is 10.1. The first kappa shape index (κ1) is 23.2. The molecule has 0 spiro atoms. The normalized spacial score (nSPS) is 13.6. The third kappa shape index (κ3) is 5.67. The van der Waals surface area contributed by atoms with Crippen molar-refractivity contribution in [1.29, 1.82) is 0 Å². The Kier molecular flexibility index (Phi) is 7.02. The molecule has 0 saturated carbocycles. The van der Waals surface area contributed by atoms with E-state index in [1.807, 2.05) is 0 Å². The number of nitrogens with one attached hydrogen (secondary N) is 2. The highest BCUT2D eigenvalue weighted by molar-refractivity contribution is 7.73. The Morgan fingerprint density at radius 1 is 0.853 bits per heavy atom. The summed E-state index contributed by atoms with van der Waals surface area (Å²) in [7, 11) is -2.71. The van der Waals surface area contributed by atoms with Crippen LogP contribution in [-0.4, -0.2) is 66.2 Å². The van der Waals surface area contributed by atoms with Crippen LogP contribution in [0.15, 0.2) is 60.8 Å². The molecular weight excluding hydrogens is 456 g/mol. The second-order valence-corrected chi connectivity index (χ2v) is 8.45. The van der Waals surface area contributed by atoms with Crippen molar-refractivity contribution >= 4 is 40.0 Å². The van der Waals surface area contributed by atoms with Crippen molar-refractivity contribution < 1.29 is 18.0 Å². The van der Waals surface area contributed by atoms with E-state index in [-0.39, 0.29) is 11.8 Å². The van der Waals surface area contributed by atoms with E-state index in [4.69, 9.17) is 0 Å². The lowest BCUT2D eigenvalue weighted by molar-refractivity contribution is -0.130. The first-order valence-electron chi connectivity index (χ1n) is 10.7. The van der Waals surface area contributed by atoms with Gasteiger partial charge in [0.2, 0.25) is 22.7 Å². The van der Waals surface area contributed by atoms with Gasteiger partial charge in [-0.25, -0.2) is 18.4 Å². The summed E-state index contributed by atoms with van der Waals surface area (Å²) in [6.07, 6.45) is 1.63. The van der Waals surface area contributed by atoms with E-state index >= 15 is 0 Å². The smallest absolute Gasteiger partial charge is 0.253 e. The summed E-state index contributed by atoms with van der Waals surface area (Å²) in [6, 6.07) is 15.7. The van der Waals surface area contributed by atoms with Crippen molar-refractivity contribution in [3.63, 3.8) is 0 Å². The van der Waals surface area contributed by atoms with E-state index in [0.29, 0.717) is 49.1 Å². The lowest BCUT2D eigenvalue weighted by Crippen LogP contribution is -2.50. The van der Waals surface area contributed by atoms with Crippen LogP contribution in [0.3, 0.4) is 0 Å². The molecule has 176 valence electrons. The fraction of sp³-hybridized carbons (Fsp3) is 0.217. The molecule has 4 rings (SSSR count). The number of amides is 2.